The molecule has 1 fully saturated rings. The zero-order chi connectivity index (χ0) is 17.4. The number of hydrogen-bond acceptors (Lipinski definition) is 5. The summed E-state index contributed by atoms with van der Waals surface area (Å²) >= 11 is 0. The molecule has 1 amide bonds. The van der Waals surface area contributed by atoms with Crippen LogP contribution in [-0.2, 0) is 7.05 Å². The van der Waals surface area contributed by atoms with Crippen LogP contribution < -0.4 is 0 Å². The Bertz CT molecular complexity index is 914. The molecule has 0 unspecified atom stereocenters. The average Bonchev–Trinajstić information content (AvgIpc) is 2.96. The van der Waals surface area contributed by atoms with Crippen LogP contribution in [0.5, 0.6) is 0 Å². The number of aryl methyl sites for hydroxylation is 2. The highest BCUT2D eigenvalue weighted by atomic mass is 16.2. The summed E-state index contributed by atoms with van der Waals surface area (Å²) < 4.78 is 1.80. The second kappa shape index (κ2) is 6.08. The summed E-state index contributed by atoms with van der Waals surface area (Å²) in [7, 11) is 1.89. The fraction of sp³-hybridized carbons (Fsp3) is 0.278. The van der Waals surface area contributed by atoms with Gasteiger partial charge in [0.1, 0.15) is 11.5 Å². The summed E-state index contributed by atoms with van der Waals surface area (Å²) in [6, 6.07) is 7.52. The minimum Gasteiger partial charge on any atom is -0.336 e. The zero-order valence-electron chi connectivity index (χ0n) is 14.1. The quantitative estimate of drug-likeness (QED) is 0.730. The first-order valence-corrected chi connectivity index (χ1v) is 8.15. The number of nitrogens with zero attached hydrogens (tertiary/aromatic N) is 6. The van der Waals surface area contributed by atoms with Gasteiger partial charge in [0, 0.05) is 44.3 Å². The van der Waals surface area contributed by atoms with E-state index in [1.165, 1.54) is 0 Å². The number of aromatic nitrogens is 5. The van der Waals surface area contributed by atoms with E-state index in [1.807, 2.05) is 38.2 Å². The molecule has 1 aliphatic heterocycles. The summed E-state index contributed by atoms with van der Waals surface area (Å²) in [5, 5.41) is 4.49. The third-order valence-electron chi connectivity index (χ3n) is 4.48. The van der Waals surface area contributed by atoms with Crippen molar-refractivity contribution in [1.29, 1.82) is 0 Å². The van der Waals surface area contributed by atoms with Gasteiger partial charge in [0.15, 0.2) is 5.82 Å². The molecule has 0 aromatic carbocycles. The molecule has 0 radical (unpaired) electrons. The number of amides is 1. The van der Waals surface area contributed by atoms with Crippen molar-refractivity contribution in [3.05, 3.63) is 59.9 Å². The Kier molecular flexibility index (Phi) is 3.76. The molecule has 3 aromatic heterocycles. The second-order valence-electron chi connectivity index (χ2n) is 6.23. The number of carbonyl (C=O) groups excluding carboxylic acids is 1. The lowest BCUT2D eigenvalue weighted by molar-refractivity contribution is 0.0584. The minimum atomic E-state index is -0.0223. The van der Waals surface area contributed by atoms with E-state index in [0.29, 0.717) is 24.6 Å². The van der Waals surface area contributed by atoms with Crippen LogP contribution in [0.2, 0.25) is 0 Å². The molecule has 3 aromatic rings. The van der Waals surface area contributed by atoms with Crippen molar-refractivity contribution in [1.82, 2.24) is 29.6 Å². The first kappa shape index (κ1) is 15.4. The number of carbonyl (C=O) groups is 1. The van der Waals surface area contributed by atoms with Gasteiger partial charge in [-0.25, -0.2) is 4.98 Å². The van der Waals surface area contributed by atoms with Crippen LogP contribution in [0.4, 0.5) is 0 Å². The maximum absolute atomic E-state index is 12.5. The molecule has 0 saturated carbocycles. The third-order valence-corrected chi connectivity index (χ3v) is 4.48. The molecule has 0 aliphatic carbocycles. The smallest absolute Gasteiger partial charge is 0.272 e. The van der Waals surface area contributed by atoms with Gasteiger partial charge in [-0.15, -0.1) is 0 Å². The first-order chi connectivity index (χ1) is 12.1. The van der Waals surface area contributed by atoms with Gasteiger partial charge >= 0.3 is 0 Å². The van der Waals surface area contributed by atoms with Crippen molar-refractivity contribution in [3.63, 3.8) is 0 Å². The van der Waals surface area contributed by atoms with Crippen LogP contribution in [0.3, 0.4) is 0 Å². The molecular weight excluding hydrogens is 316 g/mol. The SMILES string of the molecule is Cc1cccnc1C(=O)N1CC(c2nc(-c3ccncc3)nn2C)C1. The minimum absolute atomic E-state index is 0.0223. The Labute approximate surface area is 145 Å². The highest BCUT2D eigenvalue weighted by Gasteiger charge is 2.36. The van der Waals surface area contributed by atoms with E-state index in [1.54, 1.807) is 28.2 Å². The van der Waals surface area contributed by atoms with Crippen LogP contribution in [0.1, 0.15) is 27.8 Å². The van der Waals surface area contributed by atoms with Crippen molar-refractivity contribution in [2.75, 3.05) is 13.1 Å². The normalized spacial score (nSPS) is 14.4. The Morgan fingerprint density at radius 2 is 1.92 bits per heavy atom. The van der Waals surface area contributed by atoms with Gasteiger partial charge in [-0.05, 0) is 30.7 Å². The molecule has 0 bridgehead atoms. The van der Waals surface area contributed by atoms with E-state index < -0.39 is 0 Å². The second-order valence-corrected chi connectivity index (χ2v) is 6.23. The molecule has 0 atom stereocenters. The molecule has 4 heterocycles. The van der Waals surface area contributed by atoms with Crippen molar-refractivity contribution >= 4 is 5.91 Å². The van der Waals surface area contributed by atoms with Crippen molar-refractivity contribution in [2.45, 2.75) is 12.8 Å². The van der Waals surface area contributed by atoms with Crippen LogP contribution >= 0.6 is 0 Å². The van der Waals surface area contributed by atoms with E-state index >= 15 is 0 Å². The summed E-state index contributed by atoms with van der Waals surface area (Å²) in [6.45, 7) is 3.18. The number of likely N-dealkylation sites (tertiary alicyclic amines) is 1. The van der Waals surface area contributed by atoms with Crippen molar-refractivity contribution in [2.24, 2.45) is 7.05 Å². The van der Waals surface area contributed by atoms with Crippen molar-refractivity contribution in [3.8, 4) is 11.4 Å². The monoisotopic (exact) mass is 334 g/mol. The molecule has 4 rings (SSSR count). The van der Waals surface area contributed by atoms with Crippen molar-refractivity contribution < 1.29 is 4.79 Å². The van der Waals surface area contributed by atoms with Gasteiger partial charge in [0.05, 0.1) is 5.92 Å². The highest BCUT2D eigenvalue weighted by Crippen LogP contribution is 2.28. The molecule has 25 heavy (non-hydrogen) atoms. The topological polar surface area (TPSA) is 76.8 Å². The lowest BCUT2D eigenvalue weighted by atomic mass is 9.98. The maximum atomic E-state index is 12.5. The molecule has 0 N–H and O–H groups in total. The largest absolute Gasteiger partial charge is 0.336 e. The Morgan fingerprint density at radius 1 is 1.16 bits per heavy atom. The molecule has 7 heteroatoms. The summed E-state index contributed by atoms with van der Waals surface area (Å²) in [5.41, 5.74) is 2.36. The van der Waals surface area contributed by atoms with E-state index in [-0.39, 0.29) is 11.8 Å². The molecule has 7 nitrogen and oxygen atoms in total. The summed E-state index contributed by atoms with van der Waals surface area (Å²) in [4.78, 5) is 27.2. The van der Waals surface area contributed by atoms with E-state index in [0.717, 1.165) is 17.0 Å². The van der Waals surface area contributed by atoms with Gasteiger partial charge in [0.2, 0.25) is 0 Å². The fourth-order valence-electron chi connectivity index (χ4n) is 3.04. The van der Waals surface area contributed by atoms with Gasteiger partial charge in [-0.1, -0.05) is 6.07 Å². The Balaban J connectivity index is 1.49. The van der Waals surface area contributed by atoms with E-state index in [4.69, 9.17) is 0 Å². The Morgan fingerprint density at radius 3 is 2.64 bits per heavy atom. The number of hydrogen-bond donors (Lipinski definition) is 0. The predicted molar refractivity (Wildman–Crippen MR) is 91.9 cm³/mol. The summed E-state index contributed by atoms with van der Waals surface area (Å²) in [6.07, 6.45) is 5.11. The Hall–Kier alpha value is -3.09. The first-order valence-electron chi connectivity index (χ1n) is 8.15. The molecule has 126 valence electrons. The van der Waals surface area contributed by atoms with Gasteiger partial charge in [-0.3, -0.25) is 19.4 Å². The van der Waals surface area contributed by atoms with Crippen LogP contribution in [-0.4, -0.2) is 48.6 Å². The molecular formula is C18H18N6O. The van der Waals surface area contributed by atoms with Crippen LogP contribution in [0.15, 0.2) is 42.9 Å². The number of rotatable bonds is 3. The molecule has 0 spiro atoms. The zero-order valence-corrected chi connectivity index (χ0v) is 14.1. The predicted octanol–water partition coefficient (Wildman–Crippen LogP) is 1.82. The standard InChI is InChI=1S/C18H18N6O/c1-12-4-3-7-20-15(12)18(25)24-10-14(11-24)17-21-16(22-23(17)2)13-5-8-19-9-6-13/h3-9,14H,10-11H2,1-2H3. The fourth-order valence-corrected chi connectivity index (χ4v) is 3.04. The maximum Gasteiger partial charge on any atom is 0.272 e. The van der Waals surface area contributed by atoms with E-state index in [2.05, 4.69) is 20.1 Å². The lowest BCUT2D eigenvalue weighted by Crippen LogP contribution is -2.49. The molecule has 1 aliphatic rings. The molecule has 1 saturated heterocycles. The van der Waals surface area contributed by atoms with Gasteiger partial charge in [-0.2, -0.15) is 5.10 Å². The average molecular weight is 334 g/mol. The van der Waals surface area contributed by atoms with Crippen LogP contribution in [0.25, 0.3) is 11.4 Å². The number of pyridine rings is 2. The van der Waals surface area contributed by atoms with Gasteiger partial charge in [0.25, 0.3) is 5.91 Å². The van der Waals surface area contributed by atoms with Crippen LogP contribution in [0, 0.1) is 6.92 Å². The van der Waals surface area contributed by atoms with E-state index in [9.17, 15) is 4.79 Å². The highest BCUT2D eigenvalue weighted by molar-refractivity contribution is 5.94. The van der Waals surface area contributed by atoms with Gasteiger partial charge < -0.3 is 4.90 Å². The lowest BCUT2D eigenvalue weighted by Gasteiger charge is -2.38. The third kappa shape index (κ3) is 2.77. The summed E-state index contributed by atoms with van der Waals surface area (Å²) in [5.74, 6) is 1.76.